The Hall–Kier alpha value is -0.460. The zero-order chi connectivity index (χ0) is 6.41. The van der Waals surface area contributed by atoms with Gasteiger partial charge in [0.1, 0.15) is 0 Å². The minimum absolute atomic E-state index is 0.660. The Labute approximate surface area is 51.4 Å². The van der Waals surface area contributed by atoms with E-state index in [0.717, 1.165) is 6.61 Å². The van der Waals surface area contributed by atoms with E-state index in [2.05, 4.69) is 20.4 Å². The summed E-state index contributed by atoms with van der Waals surface area (Å²) in [5.74, 6) is 0.660. The van der Waals surface area contributed by atoms with Crippen LogP contribution < -0.4 is 0 Å². The molecular weight excluding hydrogens is 100 g/mol. The molecule has 0 aliphatic heterocycles. The highest BCUT2D eigenvalue weighted by atomic mass is 16.5. The van der Waals surface area contributed by atoms with Crippen LogP contribution >= 0.6 is 0 Å². The lowest BCUT2D eigenvalue weighted by Crippen LogP contribution is -1.99. The van der Waals surface area contributed by atoms with Gasteiger partial charge in [-0.15, -0.1) is 0 Å². The molecule has 0 spiro atoms. The molecular formula is C7H14O. The van der Waals surface area contributed by atoms with E-state index in [1.54, 1.807) is 0 Å². The highest BCUT2D eigenvalue weighted by Crippen LogP contribution is 1.99. The molecule has 1 atom stereocenters. The fourth-order valence-electron chi connectivity index (χ4n) is 0.350. The van der Waals surface area contributed by atoms with Crippen molar-refractivity contribution in [3.63, 3.8) is 0 Å². The van der Waals surface area contributed by atoms with Gasteiger partial charge in [-0.05, 0) is 5.92 Å². The Balaban J connectivity index is 2.97. The molecule has 0 aliphatic carbocycles. The summed E-state index contributed by atoms with van der Waals surface area (Å²) in [7, 11) is 0. The quantitative estimate of drug-likeness (QED) is 0.509. The van der Waals surface area contributed by atoms with Gasteiger partial charge >= 0.3 is 0 Å². The van der Waals surface area contributed by atoms with Crippen LogP contribution in [0.4, 0.5) is 0 Å². The van der Waals surface area contributed by atoms with Crippen molar-refractivity contribution in [1.29, 1.82) is 0 Å². The highest BCUT2D eigenvalue weighted by Gasteiger charge is 1.94. The number of rotatable bonds is 4. The lowest BCUT2D eigenvalue weighted by molar-refractivity contribution is 0.201. The zero-order valence-corrected chi connectivity index (χ0v) is 5.68. The van der Waals surface area contributed by atoms with E-state index < -0.39 is 0 Å². The van der Waals surface area contributed by atoms with Crippen molar-refractivity contribution in [2.24, 2.45) is 5.92 Å². The van der Waals surface area contributed by atoms with Gasteiger partial charge in [-0.25, -0.2) is 0 Å². The van der Waals surface area contributed by atoms with Crippen LogP contribution in [0.5, 0.6) is 0 Å². The third-order valence-electron chi connectivity index (χ3n) is 1.20. The third-order valence-corrected chi connectivity index (χ3v) is 1.20. The molecule has 0 aliphatic rings. The van der Waals surface area contributed by atoms with Gasteiger partial charge in [0.15, 0.2) is 0 Å². The standard InChI is InChI=1S/C7H14O/c1-4-7(3)6-8-5-2/h5,7H,2,4,6H2,1,3H3. The second-order valence-electron chi connectivity index (χ2n) is 2.01. The molecule has 0 fully saturated rings. The van der Waals surface area contributed by atoms with Crippen molar-refractivity contribution in [3.05, 3.63) is 12.8 Å². The fourth-order valence-corrected chi connectivity index (χ4v) is 0.350. The molecule has 0 aromatic carbocycles. The van der Waals surface area contributed by atoms with E-state index in [0.29, 0.717) is 5.92 Å². The molecule has 0 bridgehead atoms. The summed E-state index contributed by atoms with van der Waals surface area (Å²) in [6.07, 6.45) is 2.67. The van der Waals surface area contributed by atoms with Crippen LogP contribution in [0.3, 0.4) is 0 Å². The highest BCUT2D eigenvalue weighted by molar-refractivity contribution is 4.52. The van der Waals surface area contributed by atoms with Crippen LogP contribution in [-0.2, 0) is 4.74 Å². The molecule has 0 heterocycles. The van der Waals surface area contributed by atoms with Crippen LogP contribution in [0.25, 0.3) is 0 Å². The van der Waals surface area contributed by atoms with Crippen LogP contribution in [-0.4, -0.2) is 6.61 Å². The van der Waals surface area contributed by atoms with Crippen molar-refractivity contribution in [3.8, 4) is 0 Å². The summed E-state index contributed by atoms with van der Waals surface area (Å²) < 4.78 is 4.95. The van der Waals surface area contributed by atoms with Gasteiger partial charge in [-0.1, -0.05) is 26.8 Å². The van der Waals surface area contributed by atoms with Gasteiger partial charge in [0, 0.05) is 0 Å². The molecule has 0 aromatic heterocycles. The van der Waals surface area contributed by atoms with E-state index in [4.69, 9.17) is 4.74 Å². The summed E-state index contributed by atoms with van der Waals surface area (Å²) >= 11 is 0. The molecule has 0 saturated carbocycles. The molecule has 48 valence electrons. The predicted octanol–water partition coefficient (Wildman–Crippen LogP) is 2.19. The van der Waals surface area contributed by atoms with Crippen molar-refractivity contribution >= 4 is 0 Å². The van der Waals surface area contributed by atoms with E-state index in [9.17, 15) is 0 Å². The number of ether oxygens (including phenoxy) is 1. The SMILES string of the molecule is C=COCC(C)CC. The lowest BCUT2D eigenvalue weighted by atomic mass is 10.1. The molecule has 1 nitrogen and oxygen atoms in total. The topological polar surface area (TPSA) is 9.23 Å². The predicted molar refractivity (Wildman–Crippen MR) is 35.6 cm³/mol. The first-order valence-corrected chi connectivity index (χ1v) is 3.03. The summed E-state index contributed by atoms with van der Waals surface area (Å²) in [6.45, 7) is 8.56. The normalized spacial score (nSPS) is 12.8. The number of hydrogen-bond donors (Lipinski definition) is 0. The van der Waals surface area contributed by atoms with Crippen molar-refractivity contribution in [1.82, 2.24) is 0 Å². The summed E-state index contributed by atoms with van der Waals surface area (Å²) in [5, 5.41) is 0. The molecule has 0 saturated heterocycles. The molecule has 0 rings (SSSR count). The second-order valence-corrected chi connectivity index (χ2v) is 2.01. The average Bonchev–Trinajstić information content (AvgIpc) is 1.83. The molecule has 0 radical (unpaired) electrons. The monoisotopic (exact) mass is 114 g/mol. The lowest BCUT2D eigenvalue weighted by Gasteiger charge is -2.05. The first-order valence-electron chi connectivity index (χ1n) is 3.03. The summed E-state index contributed by atoms with van der Waals surface area (Å²) in [6, 6.07) is 0. The van der Waals surface area contributed by atoms with Gasteiger partial charge in [0.2, 0.25) is 0 Å². The third kappa shape index (κ3) is 3.72. The van der Waals surface area contributed by atoms with Gasteiger partial charge in [-0.3, -0.25) is 0 Å². The molecule has 0 aromatic rings. The zero-order valence-electron chi connectivity index (χ0n) is 5.68. The molecule has 0 N–H and O–H groups in total. The minimum Gasteiger partial charge on any atom is -0.502 e. The Kier molecular flexibility index (Phi) is 4.42. The van der Waals surface area contributed by atoms with Gasteiger partial charge < -0.3 is 4.74 Å². The number of hydrogen-bond acceptors (Lipinski definition) is 1. The van der Waals surface area contributed by atoms with E-state index in [1.807, 2.05) is 0 Å². The molecule has 8 heavy (non-hydrogen) atoms. The van der Waals surface area contributed by atoms with Gasteiger partial charge in [-0.2, -0.15) is 0 Å². The van der Waals surface area contributed by atoms with E-state index in [1.165, 1.54) is 12.7 Å². The first kappa shape index (κ1) is 7.54. The molecule has 1 unspecified atom stereocenters. The molecule has 0 amide bonds. The van der Waals surface area contributed by atoms with Gasteiger partial charge in [0.05, 0.1) is 12.9 Å². The maximum absolute atomic E-state index is 4.95. The van der Waals surface area contributed by atoms with E-state index in [-0.39, 0.29) is 0 Å². The minimum atomic E-state index is 0.660. The van der Waals surface area contributed by atoms with Crippen molar-refractivity contribution in [2.75, 3.05) is 6.61 Å². The van der Waals surface area contributed by atoms with Gasteiger partial charge in [0.25, 0.3) is 0 Å². The Morgan fingerprint density at radius 3 is 2.75 bits per heavy atom. The van der Waals surface area contributed by atoms with Crippen LogP contribution in [0.1, 0.15) is 20.3 Å². The Morgan fingerprint density at radius 2 is 2.38 bits per heavy atom. The Bertz CT molecular complexity index is 59.4. The largest absolute Gasteiger partial charge is 0.502 e. The van der Waals surface area contributed by atoms with Crippen molar-refractivity contribution < 1.29 is 4.74 Å². The first-order chi connectivity index (χ1) is 3.81. The van der Waals surface area contributed by atoms with Crippen LogP contribution in [0.15, 0.2) is 12.8 Å². The second kappa shape index (κ2) is 4.69. The van der Waals surface area contributed by atoms with Crippen molar-refractivity contribution in [2.45, 2.75) is 20.3 Å². The smallest absolute Gasteiger partial charge is 0.0898 e. The molecule has 1 heteroatoms. The van der Waals surface area contributed by atoms with E-state index >= 15 is 0 Å². The average molecular weight is 114 g/mol. The maximum Gasteiger partial charge on any atom is 0.0898 e. The van der Waals surface area contributed by atoms with Crippen LogP contribution in [0, 0.1) is 5.92 Å². The summed E-state index contributed by atoms with van der Waals surface area (Å²) in [5.41, 5.74) is 0. The summed E-state index contributed by atoms with van der Waals surface area (Å²) in [4.78, 5) is 0. The Morgan fingerprint density at radius 1 is 1.75 bits per heavy atom. The fraction of sp³-hybridized carbons (Fsp3) is 0.714. The van der Waals surface area contributed by atoms with Crippen LogP contribution in [0.2, 0.25) is 0 Å². The maximum atomic E-state index is 4.95.